The molecule has 0 unspecified atom stereocenters. The van der Waals surface area contributed by atoms with Crippen molar-refractivity contribution in [1.82, 2.24) is 15.5 Å². The van der Waals surface area contributed by atoms with Crippen LogP contribution in [0.5, 0.6) is 0 Å². The monoisotopic (exact) mass is 288 g/mol. The van der Waals surface area contributed by atoms with Crippen LogP contribution in [0.25, 0.3) is 0 Å². The molecule has 4 nitrogen and oxygen atoms in total. The molecule has 1 saturated heterocycles. The maximum Gasteiger partial charge on any atom is 0.191 e. The van der Waals surface area contributed by atoms with E-state index in [0.29, 0.717) is 6.04 Å². The van der Waals surface area contributed by atoms with Crippen LogP contribution in [-0.4, -0.2) is 43.6 Å². The molecule has 1 aromatic rings. The third-order valence-corrected chi connectivity index (χ3v) is 3.94. The Kier molecular flexibility index (Phi) is 6.54. The molecule has 1 aromatic carbocycles. The average Bonchev–Trinajstić information content (AvgIpc) is 2.54. The summed E-state index contributed by atoms with van der Waals surface area (Å²) >= 11 is 0. The standard InChI is InChI=1S/C17H28N4/c1-3-11-19-17(18-2)20-16-9-12-21(13-10-16)14-15-7-5-4-6-8-15/h4-8,16H,3,9-14H2,1-2H3,(H2,18,19,20). The molecule has 0 bridgehead atoms. The fraction of sp³-hybridized carbons (Fsp3) is 0.588. The van der Waals surface area contributed by atoms with Crippen molar-refractivity contribution in [3.8, 4) is 0 Å². The molecule has 0 spiro atoms. The first-order chi connectivity index (χ1) is 10.3. The van der Waals surface area contributed by atoms with Crippen molar-refractivity contribution in [2.75, 3.05) is 26.7 Å². The highest BCUT2D eigenvalue weighted by Gasteiger charge is 2.19. The number of benzene rings is 1. The van der Waals surface area contributed by atoms with Crippen LogP contribution in [0.2, 0.25) is 0 Å². The summed E-state index contributed by atoms with van der Waals surface area (Å²) in [6.45, 7) is 6.51. The molecule has 1 aliphatic rings. The van der Waals surface area contributed by atoms with Crippen LogP contribution in [0, 0.1) is 0 Å². The van der Waals surface area contributed by atoms with Gasteiger partial charge in [-0.25, -0.2) is 0 Å². The van der Waals surface area contributed by atoms with Gasteiger partial charge in [0.05, 0.1) is 0 Å². The SMILES string of the molecule is CCCNC(=NC)NC1CCN(Cc2ccccc2)CC1. The second-order valence-corrected chi connectivity index (χ2v) is 5.68. The van der Waals surface area contributed by atoms with Crippen LogP contribution in [0.15, 0.2) is 35.3 Å². The molecule has 0 aliphatic carbocycles. The summed E-state index contributed by atoms with van der Waals surface area (Å²) in [5.74, 6) is 0.943. The Labute approximate surface area is 128 Å². The fourth-order valence-corrected chi connectivity index (χ4v) is 2.71. The molecule has 0 saturated carbocycles. The number of piperidine rings is 1. The lowest BCUT2D eigenvalue weighted by Gasteiger charge is -2.33. The van der Waals surface area contributed by atoms with Gasteiger partial charge in [-0.1, -0.05) is 37.3 Å². The summed E-state index contributed by atoms with van der Waals surface area (Å²) in [6.07, 6.45) is 3.48. The molecule has 21 heavy (non-hydrogen) atoms. The van der Waals surface area contributed by atoms with Crippen molar-refractivity contribution >= 4 is 5.96 Å². The van der Waals surface area contributed by atoms with Crippen molar-refractivity contribution < 1.29 is 0 Å². The minimum absolute atomic E-state index is 0.542. The Morgan fingerprint density at radius 2 is 1.95 bits per heavy atom. The van der Waals surface area contributed by atoms with Crippen molar-refractivity contribution in [3.63, 3.8) is 0 Å². The van der Waals surface area contributed by atoms with Gasteiger partial charge in [0.25, 0.3) is 0 Å². The normalized spacial score (nSPS) is 17.7. The number of nitrogens with zero attached hydrogens (tertiary/aromatic N) is 2. The molecule has 2 N–H and O–H groups in total. The second-order valence-electron chi connectivity index (χ2n) is 5.68. The molecule has 2 rings (SSSR count). The van der Waals surface area contributed by atoms with E-state index in [2.05, 4.69) is 57.8 Å². The lowest BCUT2D eigenvalue weighted by molar-refractivity contribution is 0.198. The second kappa shape index (κ2) is 8.67. The first kappa shape index (κ1) is 15.8. The number of hydrogen-bond donors (Lipinski definition) is 2. The summed E-state index contributed by atoms with van der Waals surface area (Å²) in [7, 11) is 1.84. The topological polar surface area (TPSA) is 39.7 Å². The van der Waals surface area contributed by atoms with Crippen LogP contribution < -0.4 is 10.6 Å². The van der Waals surface area contributed by atoms with Gasteiger partial charge in [0.1, 0.15) is 0 Å². The largest absolute Gasteiger partial charge is 0.356 e. The minimum Gasteiger partial charge on any atom is -0.356 e. The number of aliphatic imine (C=N–C) groups is 1. The van der Waals surface area contributed by atoms with Crippen LogP contribution in [0.3, 0.4) is 0 Å². The molecule has 0 atom stereocenters. The van der Waals surface area contributed by atoms with E-state index in [1.807, 2.05) is 7.05 Å². The van der Waals surface area contributed by atoms with E-state index in [-0.39, 0.29) is 0 Å². The predicted octanol–water partition coefficient (Wildman–Crippen LogP) is 2.23. The van der Waals surface area contributed by atoms with Gasteiger partial charge < -0.3 is 10.6 Å². The Bertz CT molecular complexity index is 422. The first-order valence-electron chi connectivity index (χ1n) is 8.05. The lowest BCUT2D eigenvalue weighted by Crippen LogP contribution is -2.48. The number of nitrogens with one attached hydrogen (secondary N) is 2. The van der Waals surface area contributed by atoms with E-state index in [0.717, 1.165) is 38.6 Å². The molecule has 0 radical (unpaired) electrons. The zero-order valence-corrected chi connectivity index (χ0v) is 13.3. The highest BCUT2D eigenvalue weighted by molar-refractivity contribution is 5.79. The maximum absolute atomic E-state index is 4.29. The molecule has 1 fully saturated rings. The zero-order valence-electron chi connectivity index (χ0n) is 13.3. The van der Waals surface area contributed by atoms with Crippen LogP contribution in [-0.2, 0) is 6.54 Å². The summed E-state index contributed by atoms with van der Waals surface area (Å²) in [5, 5.41) is 6.88. The summed E-state index contributed by atoms with van der Waals surface area (Å²) < 4.78 is 0. The predicted molar refractivity (Wildman–Crippen MR) is 89.5 cm³/mol. The van der Waals surface area contributed by atoms with Crippen molar-refractivity contribution in [2.24, 2.45) is 4.99 Å². The van der Waals surface area contributed by atoms with Gasteiger partial charge >= 0.3 is 0 Å². The number of guanidine groups is 1. The highest BCUT2D eigenvalue weighted by Crippen LogP contribution is 2.13. The molecule has 0 aromatic heterocycles. The number of likely N-dealkylation sites (tertiary alicyclic amines) is 1. The third-order valence-electron chi connectivity index (χ3n) is 3.94. The van der Waals surface area contributed by atoms with Crippen LogP contribution >= 0.6 is 0 Å². The van der Waals surface area contributed by atoms with Gasteiger partial charge in [-0.05, 0) is 24.8 Å². The van der Waals surface area contributed by atoms with Crippen LogP contribution in [0.4, 0.5) is 0 Å². The van der Waals surface area contributed by atoms with E-state index in [9.17, 15) is 0 Å². The molecule has 1 heterocycles. The van der Waals surface area contributed by atoms with E-state index >= 15 is 0 Å². The van der Waals surface area contributed by atoms with Gasteiger partial charge in [0.15, 0.2) is 5.96 Å². The number of rotatable bonds is 5. The maximum atomic E-state index is 4.29. The summed E-state index contributed by atoms with van der Waals surface area (Å²) in [4.78, 5) is 6.82. The van der Waals surface area contributed by atoms with Crippen LogP contribution in [0.1, 0.15) is 31.7 Å². The third kappa shape index (κ3) is 5.38. The van der Waals surface area contributed by atoms with Gasteiger partial charge in [-0.3, -0.25) is 9.89 Å². The van der Waals surface area contributed by atoms with E-state index < -0.39 is 0 Å². The van der Waals surface area contributed by atoms with Gasteiger partial charge in [-0.15, -0.1) is 0 Å². The Morgan fingerprint density at radius 1 is 1.24 bits per heavy atom. The smallest absolute Gasteiger partial charge is 0.191 e. The van der Waals surface area contributed by atoms with E-state index in [1.54, 1.807) is 0 Å². The Hall–Kier alpha value is -1.55. The van der Waals surface area contributed by atoms with Gasteiger partial charge in [0.2, 0.25) is 0 Å². The molecule has 1 aliphatic heterocycles. The molecule has 0 amide bonds. The van der Waals surface area contributed by atoms with Crippen molar-refractivity contribution in [2.45, 2.75) is 38.8 Å². The van der Waals surface area contributed by atoms with E-state index in [4.69, 9.17) is 0 Å². The number of hydrogen-bond acceptors (Lipinski definition) is 2. The van der Waals surface area contributed by atoms with Crippen molar-refractivity contribution in [3.05, 3.63) is 35.9 Å². The Morgan fingerprint density at radius 3 is 2.57 bits per heavy atom. The van der Waals surface area contributed by atoms with Gasteiger partial charge in [-0.2, -0.15) is 0 Å². The molecule has 4 heteroatoms. The van der Waals surface area contributed by atoms with Crippen molar-refractivity contribution in [1.29, 1.82) is 0 Å². The fourth-order valence-electron chi connectivity index (χ4n) is 2.71. The molecule has 116 valence electrons. The highest BCUT2D eigenvalue weighted by atomic mass is 15.2. The lowest BCUT2D eigenvalue weighted by atomic mass is 10.0. The molecular weight excluding hydrogens is 260 g/mol. The first-order valence-corrected chi connectivity index (χ1v) is 8.05. The molecular formula is C17H28N4. The quantitative estimate of drug-likeness (QED) is 0.645. The van der Waals surface area contributed by atoms with Gasteiger partial charge in [0, 0.05) is 39.3 Å². The average molecular weight is 288 g/mol. The minimum atomic E-state index is 0.542. The van der Waals surface area contributed by atoms with E-state index in [1.165, 1.54) is 18.4 Å². The summed E-state index contributed by atoms with van der Waals surface area (Å²) in [5.41, 5.74) is 1.41. The summed E-state index contributed by atoms with van der Waals surface area (Å²) in [6, 6.07) is 11.3. The Balaban J connectivity index is 1.73. The zero-order chi connectivity index (χ0) is 14.9.